The van der Waals surface area contributed by atoms with Gasteiger partial charge in [0.2, 0.25) is 5.82 Å². The minimum atomic E-state index is -1.71. The number of hydrogen-bond acceptors (Lipinski definition) is 2. The van der Waals surface area contributed by atoms with Gasteiger partial charge in [-0.2, -0.15) is 4.39 Å². The summed E-state index contributed by atoms with van der Waals surface area (Å²) in [5.41, 5.74) is -0.729. The van der Waals surface area contributed by atoms with Crippen molar-refractivity contribution in [2.45, 2.75) is 24.6 Å². The standard InChI is InChI=1S/C12H13BrF3NO2/c1-2-3-6(13)5-17-12(19)7-4-8(14)10(16)11(18)9(7)15/h4,6,18H,2-3,5H2,1H3,(H,17,19). The molecule has 0 aliphatic rings. The first-order valence-electron chi connectivity index (χ1n) is 5.67. The summed E-state index contributed by atoms with van der Waals surface area (Å²) >= 11 is 3.31. The van der Waals surface area contributed by atoms with Gasteiger partial charge in [-0.05, 0) is 12.5 Å². The fourth-order valence-corrected chi connectivity index (χ4v) is 2.09. The van der Waals surface area contributed by atoms with Gasteiger partial charge in [0.15, 0.2) is 17.4 Å². The molecule has 0 saturated carbocycles. The Labute approximate surface area is 116 Å². The smallest absolute Gasteiger partial charge is 0.254 e. The topological polar surface area (TPSA) is 49.3 Å². The Balaban J connectivity index is 2.83. The van der Waals surface area contributed by atoms with Crippen LogP contribution in [0.1, 0.15) is 30.1 Å². The van der Waals surface area contributed by atoms with E-state index in [-0.39, 0.29) is 11.4 Å². The number of nitrogens with one attached hydrogen (secondary N) is 1. The van der Waals surface area contributed by atoms with Gasteiger partial charge in [0.25, 0.3) is 5.91 Å². The maximum atomic E-state index is 13.4. The molecule has 0 aliphatic carbocycles. The second-order valence-electron chi connectivity index (χ2n) is 3.98. The lowest BCUT2D eigenvalue weighted by atomic mass is 10.1. The summed E-state index contributed by atoms with van der Waals surface area (Å²) in [7, 11) is 0. The number of phenols is 1. The third-order valence-electron chi connectivity index (χ3n) is 2.46. The summed E-state index contributed by atoms with van der Waals surface area (Å²) in [5.74, 6) is -7.06. The molecule has 0 saturated heterocycles. The molecule has 0 bridgehead atoms. The second-order valence-corrected chi connectivity index (χ2v) is 5.27. The molecule has 1 amide bonds. The molecule has 7 heteroatoms. The van der Waals surface area contributed by atoms with Crippen molar-refractivity contribution in [3.63, 3.8) is 0 Å². The highest BCUT2D eigenvalue weighted by molar-refractivity contribution is 9.09. The molecule has 0 aromatic heterocycles. The van der Waals surface area contributed by atoms with E-state index < -0.39 is 34.7 Å². The van der Waals surface area contributed by atoms with Crippen LogP contribution in [0.25, 0.3) is 0 Å². The minimum Gasteiger partial charge on any atom is -0.503 e. The maximum absolute atomic E-state index is 13.4. The van der Waals surface area contributed by atoms with Gasteiger partial charge < -0.3 is 10.4 Å². The van der Waals surface area contributed by atoms with Crippen molar-refractivity contribution >= 4 is 21.8 Å². The zero-order chi connectivity index (χ0) is 14.6. The van der Waals surface area contributed by atoms with Crippen LogP contribution in [-0.2, 0) is 0 Å². The predicted octanol–water partition coefficient (Wildman–Crippen LogP) is 3.10. The molecular formula is C12H13BrF3NO2. The maximum Gasteiger partial charge on any atom is 0.254 e. The molecule has 1 rings (SSSR count). The van der Waals surface area contributed by atoms with E-state index in [9.17, 15) is 18.0 Å². The molecule has 0 fully saturated rings. The van der Waals surface area contributed by atoms with E-state index in [1.54, 1.807) is 0 Å². The molecule has 0 heterocycles. The molecule has 0 aliphatic heterocycles. The van der Waals surface area contributed by atoms with E-state index in [1.807, 2.05) is 6.92 Å². The number of hydrogen-bond donors (Lipinski definition) is 2. The summed E-state index contributed by atoms with van der Waals surface area (Å²) < 4.78 is 39.3. The van der Waals surface area contributed by atoms with Crippen LogP contribution in [0.2, 0.25) is 0 Å². The van der Waals surface area contributed by atoms with Crippen LogP contribution in [0.5, 0.6) is 5.75 Å². The van der Waals surface area contributed by atoms with Crippen molar-refractivity contribution in [3.8, 4) is 5.75 Å². The first-order valence-corrected chi connectivity index (χ1v) is 6.58. The van der Waals surface area contributed by atoms with Gasteiger partial charge in [-0.15, -0.1) is 0 Å². The Bertz CT molecular complexity index is 483. The SMILES string of the molecule is CCCC(Br)CNC(=O)c1cc(F)c(F)c(O)c1F. The fraction of sp³-hybridized carbons (Fsp3) is 0.417. The lowest BCUT2D eigenvalue weighted by molar-refractivity contribution is 0.0948. The van der Waals surface area contributed by atoms with E-state index in [4.69, 9.17) is 5.11 Å². The third kappa shape index (κ3) is 3.86. The van der Waals surface area contributed by atoms with Gasteiger partial charge in [-0.3, -0.25) is 4.79 Å². The molecule has 1 aromatic carbocycles. The largest absolute Gasteiger partial charge is 0.503 e. The first-order chi connectivity index (χ1) is 8.88. The Hall–Kier alpha value is -1.24. The van der Waals surface area contributed by atoms with Crippen LogP contribution in [-0.4, -0.2) is 22.4 Å². The molecule has 106 valence electrons. The van der Waals surface area contributed by atoms with E-state index in [1.165, 1.54) is 0 Å². The Kier molecular flexibility index (Phi) is 5.65. The lowest BCUT2D eigenvalue weighted by Crippen LogP contribution is -2.30. The summed E-state index contributed by atoms with van der Waals surface area (Å²) in [6, 6.07) is 0.419. The number of aromatic hydroxyl groups is 1. The molecular weight excluding hydrogens is 327 g/mol. The minimum absolute atomic E-state index is 0.00315. The van der Waals surface area contributed by atoms with Crippen molar-refractivity contribution in [2.75, 3.05) is 6.54 Å². The molecule has 0 radical (unpaired) electrons. The number of phenolic OH excluding ortho intramolecular Hbond substituents is 1. The van der Waals surface area contributed by atoms with Gasteiger partial charge in [0.05, 0.1) is 5.56 Å². The highest BCUT2D eigenvalue weighted by Crippen LogP contribution is 2.25. The van der Waals surface area contributed by atoms with Gasteiger partial charge >= 0.3 is 0 Å². The van der Waals surface area contributed by atoms with Crippen LogP contribution in [0.4, 0.5) is 13.2 Å². The Morgan fingerprint density at radius 2 is 2.05 bits per heavy atom. The van der Waals surface area contributed by atoms with E-state index in [2.05, 4.69) is 21.2 Å². The first kappa shape index (κ1) is 15.8. The molecule has 1 atom stereocenters. The Morgan fingerprint density at radius 1 is 1.42 bits per heavy atom. The van der Waals surface area contributed by atoms with Crippen molar-refractivity contribution < 1.29 is 23.1 Å². The molecule has 1 unspecified atom stereocenters. The number of benzene rings is 1. The molecule has 19 heavy (non-hydrogen) atoms. The summed E-state index contributed by atoms with van der Waals surface area (Å²) in [5, 5.41) is 11.4. The van der Waals surface area contributed by atoms with Gasteiger partial charge in [-0.25, -0.2) is 8.78 Å². The highest BCUT2D eigenvalue weighted by Gasteiger charge is 2.22. The molecule has 1 aromatic rings. The van der Waals surface area contributed by atoms with Crippen molar-refractivity contribution in [2.24, 2.45) is 0 Å². The number of carbonyl (C=O) groups is 1. The third-order valence-corrected chi connectivity index (χ3v) is 3.25. The molecule has 0 spiro atoms. The monoisotopic (exact) mass is 339 g/mol. The average Bonchev–Trinajstić information content (AvgIpc) is 2.38. The molecule has 2 N–H and O–H groups in total. The summed E-state index contributed by atoms with van der Waals surface area (Å²) in [6.45, 7) is 2.18. The summed E-state index contributed by atoms with van der Waals surface area (Å²) in [6.07, 6.45) is 1.69. The second kappa shape index (κ2) is 6.79. The highest BCUT2D eigenvalue weighted by atomic mass is 79.9. The zero-order valence-corrected chi connectivity index (χ0v) is 11.7. The van der Waals surface area contributed by atoms with E-state index in [0.29, 0.717) is 6.07 Å². The van der Waals surface area contributed by atoms with E-state index >= 15 is 0 Å². The van der Waals surface area contributed by atoms with Crippen molar-refractivity contribution in [3.05, 3.63) is 29.1 Å². The quantitative estimate of drug-likeness (QED) is 0.639. The van der Waals surface area contributed by atoms with Crippen LogP contribution < -0.4 is 5.32 Å². The van der Waals surface area contributed by atoms with Crippen molar-refractivity contribution in [1.29, 1.82) is 0 Å². The van der Waals surface area contributed by atoms with E-state index in [0.717, 1.165) is 12.8 Å². The lowest BCUT2D eigenvalue weighted by Gasteiger charge is -2.11. The average molecular weight is 340 g/mol. The van der Waals surface area contributed by atoms with Crippen molar-refractivity contribution in [1.82, 2.24) is 5.32 Å². The molecule has 3 nitrogen and oxygen atoms in total. The van der Waals surface area contributed by atoms with Crippen LogP contribution in [0, 0.1) is 17.5 Å². The Morgan fingerprint density at radius 3 is 2.63 bits per heavy atom. The number of halogens is 4. The number of alkyl halides is 1. The zero-order valence-electron chi connectivity index (χ0n) is 10.1. The van der Waals surface area contributed by atoms with Crippen LogP contribution in [0.15, 0.2) is 6.07 Å². The van der Waals surface area contributed by atoms with Gasteiger partial charge in [0.1, 0.15) is 0 Å². The fourth-order valence-electron chi connectivity index (χ4n) is 1.47. The normalized spacial score (nSPS) is 12.3. The number of rotatable bonds is 5. The number of amides is 1. The van der Waals surface area contributed by atoms with Gasteiger partial charge in [0, 0.05) is 11.4 Å². The van der Waals surface area contributed by atoms with Crippen LogP contribution >= 0.6 is 15.9 Å². The summed E-state index contributed by atoms with van der Waals surface area (Å²) in [4.78, 5) is 11.6. The van der Waals surface area contributed by atoms with Crippen LogP contribution in [0.3, 0.4) is 0 Å². The van der Waals surface area contributed by atoms with Gasteiger partial charge in [-0.1, -0.05) is 29.3 Å². The predicted molar refractivity (Wildman–Crippen MR) is 67.9 cm³/mol. The number of carbonyl (C=O) groups excluding carboxylic acids is 1.